The zero-order valence-corrected chi connectivity index (χ0v) is 40.1. The maximum absolute atomic E-state index is 3.25. The molecule has 0 aliphatic carbocycles. The second-order valence-electron chi connectivity index (χ2n) is 14.4. The van der Waals surface area contributed by atoms with Crippen LogP contribution in [0.4, 0.5) is 0 Å². The van der Waals surface area contributed by atoms with Crippen LogP contribution in [0.5, 0.6) is 0 Å². The van der Waals surface area contributed by atoms with Gasteiger partial charge >= 0.3 is 49.6 Å². The second-order valence-corrected chi connectivity index (χ2v) is 14.4. The molecule has 0 unspecified atom stereocenters. The zero-order valence-electron chi connectivity index (χ0n) is 35.5. The van der Waals surface area contributed by atoms with Gasteiger partial charge in [-0.05, 0) is 25.7 Å². The molecule has 0 nitrogen and oxygen atoms in total. The number of hydrogen-bond donors (Lipinski definition) is 0. The first-order chi connectivity index (χ1) is 27.6. The summed E-state index contributed by atoms with van der Waals surface area (Å²) in [6, 6.07) is 52.8. The minimum Gasteiger partial charge on any atom is -1.00 e. The van der Waals surface area contributed by atoms with E-state index < -0.39 is 0 Å². The summed E-state index contributed by atoms with van der Waals surface area (Å²) in [6.07, 6.45) is 15.2. The molecule has 0 aliphatic rings. The number of hydrogen-bond acceptors (Lipinski definition) is 0. The van der Waals surface area contributed by atoms with Crippen molar-refractivity contribution >= 4 is 52.7 Å². The van der Waals surface area contributed by atoms with Crippen molar-refractivity contribution in [3.05, 3.63) is 168 Å². The molecular weight excluding hydrogens is 815 g/mol. The van der Waals surface area contributed by atoms with E-state index in [0.29, 0.717) is 0 Å². The molecule has 0 atom stereocenters. The Labute approximate surface area is 386 Å². The van der Waals surface area contributed by atoms with Crippen molar-refractivity contribution in [1.29, 1.82) is 0 Å². The van der Waals surface area contributed by atoms with Crippen molar-refractivity contribution in [2.45, 2.75) is 105 Å². The van der Waals surface area contributed by atoms with Crippen molar-refractivity contribution in [2.75, 3.05) is 0 Å². The summed E-state index contributed by atoms with van der Waals surface area (Å²) in [5.74, 6) is 0. The molecule has 8 aromatic carbocycles. The SMILES string of the molecule is CCCCc1cc2ccccc2[cH-]1.CCCCc1cc2ccccc2[cH-]1.CCCCc1cc2ccccc2[cH-]1.CCCCc1cc2ccccc2[cH-]1.[CH2]=[Ti+2].[CH2]=[Ti+2].[Cl-].[Cl-]. The van der Waals surface area contributed by atoms with Gasteiger partial charge in [0.2, 0.25) is 0 Å². The Morgan fingerprint density at radius 1 is 0.345 bits per heavy atom. The second kappa shape index (κ2) is 31.9. The van der Waals surface area contributed by atoms with Crippen LogP contribution in [0.15, 0.2) is 146 Å². The van der Waals surface area contributed by atoms with Gasteiger partial charge in [-0.1, -0.05) is 103 Å². The van der Waals surface area contributed by atoms with Gasteiger partial charge in [0, 0.05) is 0 Å². The van der Waals surface area contributed by atoms with Gasteiger partial charge < -0.3 is 24.8 Å². The van der Waals surface area contributed by atoms with Gasteiger partial charge in [0.05, 0.1) is 0 Å². The van der Waals surface area contributed by atoms with Gasteiger partial charge in [-0.2, -0.15) is 24.3 Å². The summed E-state index contributed by atoms with van der Waals surface area (Å²) >= 11 is 3.50. The van der Waals surface area contributed by atoms with E-state index in [-0.39, 0.29) is 24.8 Å². The Morgan fingerprint density at radius 2 is 0.534 bits per heavy atom. The smallest absolute Gasteiger partial charge is 1.00 e. The first-order valence-electron chi connectivity index (χ1n) is 20.9. The summed E-state index contributed by atoms with van der Waals surface area (Å²) in [4.78, 5) is 6.50. The Bertz CT molecular complexity index is 1760. The molecule has 0 amide bonds. The molecule has 0 aromatic heterocycles. The Morgan fingerprint density at radius 3 is 0.707 bits per heavy atom. The third-order valence-electron chi connectivity index (χ3n) is 9.99. The fraction of sp³-hybridized carbons (Fsp3) is 0.296. The summed E-state index contributed by atoms with van der Waals surface area (Å²) in [5.41, 5.74) is 5.96. The van der Waals surface area contributed by atoms with E-state index >= 15 is 0 Å². The van der Waals surface area contributed by atoms with E-state index in [2.05, 4.69) is 183 Å². The van der Waals surface area contributed by atoms with Crippen LogP contribution in [0.25, 0.3) is 43.1 Å². The minimum absolute atomic E-state index is 0. The molecule has 0 heterocycles. The minimum atomic E-state index is 0. The summed E-state index contributed by atoms with van der Waals surface area (Å²) in [7, 11) is 0. The monoisotopic (exact) mass is 878 g/mol. The van der Waals surface area contributed by atoms with Crippen molar-refractivity contribution in [1.82, 2.24) is 0 Å². The standard InChI is InChI=1S/4C13H15.2CH2.2ClH.2Ti/c4*1-2-3-6-11-9-12-7-4-5-8-13(12)10-11;;;;;;/h4*4-5,7-10H,2-3,6H2,1H3;2*1H2;2*1H;;/q4*-1;;;;;2*+2/p-2. The molecule has 58 heavy (non-hydrogen) atoms. The van der Waals surface area contributed by atoms with Crippen molar-refractivity contribution in [3.63, 3.8) is 0 Å². The van der Waals surface area contributed by atoms with Crippen LogP contribution in [-0.2, 0) is 65.6 Å². The van der Waals surface area contributed by atoms with E-state index in [1.807, 2.05) is 0 Å². The summed E-state index contributed by atoms with van der Waals surface area (Å²) in [6.45, 7) is 8.95. The largest absolute Gasteiger partial charge is 1.00 e. The number of benzene rings is 4. The molecule has 0 N–H and O–H groups in total. The number of fused-ring (bicyclic) bond motifs is 4. The molecule has 0 bridgehead atoms. The first kappa shape index (κ1) is 53.1. The average molecular weight is 880 g/mol. The Hall–Kier alpha value is -2.93. The fourth-order valence-corrected chi connectivity index (χ4v) is 6.96. The molecule has 0 aliphatic heterocycles. The van der Waals surface area contributed by atoms with Crippen molar-refractivity contribution in [3.8, 4) is 0 Å². The third kappa shape index (κ3) is 18.1. The molecule has 0 saturated carbocycles. The maximum Gasteiger partial charge on any atom is -1.00 e. The van der Waals surface area contributed by atoms with Gasteiger partial charge in [0.15, 0.2) is 0 Å². The molecule has 0 spiro atoms. The number of rotatable bonds is 12. The quantitative estimate of drug-likeness (QED) is 0.0848. The third-order valence-corrected chi connectivity index (χ3v) is 9.99. The van der Waals surface area contributed by atoms with Gasteiger partial charge in [-0.3, -0.25) is 0 Å². The van der Waals surface area contributed by atoms with E-state index in [1.165, 1.54) is 142 Å². The predicted octanol–water partition coefficient (Wildman–Crippen LogP) is 9.54. The van der Waals surface area contributed by atoms with E-state index in [4.69, 9.17) is 0 Å². The first-order valence-corrected chi connectivity index (χ1v) is 23.1. The Kier molecular flexibility index (Phi) is 29.2. The van der Waals surface area contributed by atoms with Crippen LogP contribution >= 0.6 is 0 Å². The van der Waals surface area contributed by atoms with Crippen molar-refractivity contribution < 1.29 is 64.8 Å². The van der Waals surface area contributed by atoms with Gasteiger partial charge in [-0.15, -0.1) is 162 Å². The van der Waals surface area contributed by atoms with Crippen LogP contribution in [0.2, 0.25) is 0 Å². The van der Waals surface area contributed by atoms with Gasteiger partial charge in [0.25, 0.3) is 0 Å². The molecule has 4 heteroatoms. The van der Waals surface area contributed by atoms with Gasteiger partial charge in [-0.25, -0.2) is 0 Å². The molecule has 0 saturated heterocycles. The van der Waals surface area contributed by atoms with Crippen LogP contribution in [0, 0.1) is 0 Å². The molecular formula is C54H64Cl2Ti2-2. The van der Waals surface area contributed by atoms with Crippen LogP contribution in [0.1, 0.15) is 101 Å². The molecule has 8 aromatic rings. The molecule has 8 rings (SSSR count). The fourth-order valence-electron chi connectivity index (χ4n) is 6.96. The predicted molar refractivity (Wildman–Crippen MR) is 247 cm³/mol. The van der Waals surface area contributed by atoms with Crippen LogP contribution in [0.3, 0.4) is 0 Å². The maximum atomic E-state index is 3.25. The Balaban J connectivity index is 0.000000371. The number of aryl methyl sites for hydroxylation is 4. The zero-order chi connectivity index (χ0) is 40.4. The van der Waals surface area contributed by atoms with E-state index in [1.54, 1.807) is 39.9 Å². The van der Waals surface area contributed by atoms with Crippen molar-refractivity contribution in [2.24, 2.45) is 0 Å². The summed E-state index contributed by atoms with van der Waals surface area (Å²) in [5, 5.41) is 11.1. The average Bonchev–Trinajstić information content (AvgIpc) is 4.06. The number of halogens is 2. The topological polar surface area (TPSA) is 0 Å². The van der Waals surface area contributed by atoms with Gasteiger partial charge in [0.1, 0.15) is 0 Å². The van der Waals surface area contributed by atoms with E-state index in [9.17, 15) is 0 Å². The van der Waals surface area contributed by atoms with Crippen LogP contribution < -0.4 is 24.8 Å². The molecule has 304 valence electrons. The molecule has 0 fully saturated rings. The number of unbranched alkanes of at least 4 members (excludes halogenated alkanes) is 4. The van der Waals surface area contributed by atoms with Crippen LogP contribution in [-0.4, -0.2) is 9.63 Å². The molecule has 0 radical (unpaired) electrons. The van der Waals surface area contributed by atoms with E-state index in [0.717, 1.165) is 0 Å². The summed E-state index contributed by atoms with van der Waals surface area (Å²) < 4.78 is 0. The normalized spacial score (nSPS) is 9.93.